The number of ether oxygens (including phenoxy) is 1. The molecule has 1 N–H and O–H groups in total. The molecule has 0 aliphatic heterocycles. The smallest absolute Gasteiger partial charge is 0.0693 e. The standard InChI is InChI=1S/C13H22N2O/c1-5-12-7-6-8-14-13(12)9-15-10(2)11(3)16-4/h6-8,10-11,15H,5,9H2,1-4H3. The monoisotopic (exact) mass is 222 g/mol. The van der Waals surface area contributed by atoms with Gasteiger partial charge in [-0.05, 0) is 31.9 Å². The summed E-state index contributed by atoms with van der Waals surface area (Å²) in [5.41, 5.74) is 2.45. The molecule has 3 heteroatoms. The van der Waals surface area contributed by atoms with E-state index >= 15 is 0 Å². The van der Waals surface area contributed by atoms with Crippen LogP contribution in [0.2, 0.25) is 0 Å². The highest BCUT2D eigenvalue weighted by molar-refractivity contribution is 5.19. The number of hydrogen-bond donors (Lipinski definition) is 1. The summed E-state index contributed by atoms with van der Waals surface area (Å²) >= 11 is 0. The number of rotatable bonds is 6. The van der Waals surface area contributed by atoms with E-state index in [-0.39, 0.29) is 6.10 Å². The molecule has 0 amide bonds. The van der Waals surface area contributed by atoms with Crippen molar-refractivity contribution in [2.24, 2.45) is 0 Å². The van der Waals surface area contributed by atoms with Crippen molar-refractivity contribution in [1.29, 1.82) is 0 Å². The maximum absolute atomic E-state index is 5.27. The number of pyridine rings is 1. The molecule has 2 unspecified atom stereocenters. The van der Waals surface area contributed by atoms with E-state index in [1.165, 1.54) is 5.56 Å². The average Bonchev–Trinajstić information content (AvgIpc) is 2.35. The Bertz CT molecular complexity index is 315. The van der Waals surface area contributed by atoms with E-state index in [1.54, 1.807) is 7.11 Å². The molecular formula is C13H22N2O. The Morgan fingerprint density at radius 3 is 2.81 bits per heavy atom. The van der Waals surface area contributed by atoms with Gasteiger partial charge in [-0.15, -0.1) is 0 Å². The van der Waals surface area contributed by atoms with Gasteiger partial charge in [0.1, 0.15) is 0 Å². The van der Waals surface area contributed by atoms with Gasteiger partial charge in [-0.2, -0.15) is 0 Å². The summed E-state index contributed by atoms with van der Waals surface area (Å²) in [6, 6.07) is 4.45. The van der Waals surface area contributed by atoms with Gasteiger partial charge in [0, 0.05) is 25.9 Å². The fourth-order valence-electron chi connectivity index (χ4n) is 1.58. The first kappa shape index (κ1) is 13.1. The molecule has 1 rings (SSSR count). The predicted molar refractivity (Wildman–Crippen MR) is 66.4 cm³/mol. The maximum Gasteiger partial charge on any atom is 0.0693 e. The second-order valence-corrected chi connectivity index (χ2v) is 4.07. The van der Waals surface area contributed by atoms with Crippen LogP contribution in [0.3, 0.4) is 0 Å². The first-order valence-electron chi connectivity index (χ1n) is 5.88. The van der Waals surface area contributed by atoms with Gasteiger partial charge in [0.2, 0.25) is 0 Å². The normalized spacial score (nSPS) is 14.8. The molecule has 2 atom stereocenters. The maximum atomic E-state index is 5.27. The zero-order valence-corrected chi connectivity index (χ0v) is 10.7. The van der Waals surface area contributed by atoms with Crippen LogP contribution in [-0.2, 0) is 17.7 Å². The zero-order chi connectivity index (χ0) is 12.0. The van der Waals surface area contributed by atoms with Crippen LogP contribution in [0.25, 0.3) is 0 Å². The SMILES string of the molecule is CCc1cccnc1CNC(C)C(C)OC. The molecule has 0 fully saturated rings. The highest BCUT2D eigenvalue weighted by Crippen LogP contribution is 2.06. The Labute approximate surface area is 98.2 Å². The average molecular weight is 222 g/mol. The molecule has 0 radical (unpaired) electrons. The number of hydrogen-bond acceptors (Lipinski definition) is 3. The molecule has 0 saturated heterocycles. The van der Waals surface area contributed by atoms with Gasteiger partial charge in [-0.1, -0.05) is 13.0 Å². The summed E-state index contributed by atoms with van der Waals surface area (Å²) in [5.74, 6) is 0. The lowest BCUT2D eigenvalue weighted by molar-refractivity contribution is 0.0881. The van der Waals surface area contributed by atoms with Crippen LogP contribution in [0, 0.1) is 0 Å². The van der Waals surface area contributed by atoms with Crippen molar-refractivity contribution in [3.05, 3.63) is 29.6 Å². The third-order valence-corrected chi connectivity index (χ3v) is 3.03. The lowest BCUT2D eigenvalue weighted by atomic mass is 10.1. The van der Waals surface area contributed by atoms with E-state index in [4.69, 9.17) is 4.74 Å². The lowest BCUT2D eigenvalue weighted by Gasteiger charge is -2.20. The fourth-order valence-corrected chi connectivity index (χ4v) is 1.58. The Morgan fingerprint density at radius 1 is 1.44 bits per heavy atom. The summed E-state index contributed by atoms with van der Waals surface area (Å²) in [4.78, 5) is 4.40. The van der Waals surface area contributed by atoms with Gasteiger partial charge in [0.05, 0.1) is 11.8 Å². The highest BCUT2D eigenvalue weighted by Gasteiger charge is 2.11. The van der Waals surface area contributed by atoms with Crippen molar-refractivity contribution in [3.8, 4) is 0 Å². The Hall–Kier alpha value is -0.930. The van der Waals surface area contributed by atoms with Gasteiger partial charge >= 0.3 is 0 Å². The van der Waals surface area contributed by atoms with Crippen LogP contribution in [-0.4, -0.2) is 24.2 Å². The Balaban J connectivity index is 2.54. The number of nitrogens with one attached hydrogen (secondary N) is 1. The van der Waals surface area contributed by atoms with Gasteiger partial charge in [-0.25, -0.2) is 0 Å². The van der Waals surface area contributed by atoms with Crippen LogP contribution in [0.4, 0.5) is 0 Å². The van der Waals surface area contributed by atoms with E-state index in [0.29, 0.717) is 6.04 Å². The van der Waals surface area contributed by atoms with E-state index < -0.39 is 0 Å². The van der Waals surface area contributed by atoms with Gasteiger partial charge < -0.3 is 10.1 Å². The second kappa shape index (κ2) is 6.61. The molecule has 0 aromatic carbocycles. The molecule has 1 aromatic rings. The fraction of sp³-hybridized carbons (Fsp3) is 0.615. The number of nitrogens with zero attached hydrogens (tertiary/aromatic N) is 1. The number of aryl methyl sites for hydroxylation is 1. The minimum absolute atomic E-state index is 0.216. The molecule has 0 aliphatic rings. The molecular weight excluding hydrogens is 200 g/mol. The van der Waals surface area contributed by atoms with Crippen LogP contribution in [0.5, 0.6) is 0 Å². The second-order valence-electron chi connectivity index (χ2n) is 4.07. The number of methoxy groups -OCH3 is 1. The van der Waals surface area contributed by atoms with Crippen LogP contribution < -0.4 is 5.32 Å². The molecule has 1 heterocycles. The summed E-state index contributed by atoms with van der Waals surface area (Å²) in [5, 5.41) is 3.44. The minimum atomic E-state index is 0.216. The third kappa shape index (κ3) is 3.58. The molecule has 0 spiro atoms. The van der Waals surface area contributed by atoms with Crippen LogP contribution >= 0.6 is 0 Å². The predicted octanol–water partition coefficient (Wildman–Crippen LogP) is 2.16. The van der Waals surface area contributed by atoms with Crippen molar-refractivity contribution in [1.82, 2.24) is 10.3 Å². The van der Waals surface area contributed by atoms with Crippen molar-refractivity contribution >= 4 is 0 Å². The zero-order valence-electron chi connectivity index (χ0n) is 10.7. The van der Waals surface area contributed by atoms with Crippen molar-refractivity contribution in [3.63, 3.8) is 0 Å². The van der Waals surface area contributed by atoms with Gasteiger partial charge in [0.25, 0.3) is 0 Å². The van der Waals surface area contributed by atoms with E-state index in [1.807, 2.05) is 12.3 Å². The molecule has 0 aliphatic carbocycles. The molecule has 16 heavy (non-hydrogen) atoms. The van der Waals surface area contributed by atoms with Gasteiger partial charge in [0.15, 0.2) is 0 Å². The largest absolute Gasteiger partial charge is 0.380 e. The first-order valence-corrected chi connectivity index (χ1v) is 5.88. The molecule has 3 nitrogen and oxygen atoms in total. The van der Waals surface area contributed by atoms with E-state index in [2.05, 4.69) is 37.1 Å². The summed E-state index contributed by atoms with van der Waals surface area (Å²) in [6.07, 6.45) is 3.09. The van der Waals surface area contributed by atoms with Crippen LogP contribution in [0.15, 0.2) is 18.3 Å². The minimum Gasteiger partial charge on any atom is -0.380 e. The molecule has 0 saturated carbocycles. The quantitative estimate of drug-likeness (QED) is 0.801. The summed E-state index contributed by atoms with van der Waals surface area (Å²) < 4.78 is 5.27. The Morgan fingerprint density at radius 2 is 2.19 bits per heavy atom. The van der Waals surface area contributed by atoms with E-state index in [0.717, 1.165) is 18.7 Å². The third-order valence-electron chi connectivity index (χ3n) is 3.03. The van der Waals surface area contributed by atoms with Crippen LogP contribution in [0.1, 0.15) is 32.0 Å². The lowest BCUT2D eigenvalue weighted by Crippen LogP contribution is -2.36. The first-order chi connectivity index (χ1) is 7.69. The van der Waals surface area contributed by atoms with Gasteiger partial charge in [-0.3, -0.25) is 4.98 Å². The summed E-state index contributed by atoms with van der Waals surface area (Å²) in [7, 11) is 1.74. The van der Waals surface area contributed by atoms with E-state index in [9.17, 15) is 0 Å². The van der Waals surface area contributed by atoms with Crippen molar-refractivity contribution in [2.45, 2.75) is 45.9 Å². The number of aromatic nitrogens is 1. The van der Waals surface area contributed by atoms with Crippen molar-refractivity contribution in [2.75, 3.05) is 7.11 Å². The van der Waals surface area contributed by atoms with Crippen molar-refractivity contribution < 1.29 is 4.74 Å². The molecule has 0 bridgehead atoms. The molecule has 1 aromatic heterocycles. The molecule has 90 valence electrons. The topological polar surface area (TPSA) is 34.2 Å². The summed E-state index contributed by atoms with van der Waals surface area (Å²) in [6.45, 7) is 7.15. The highest BCUT2D eigenvalue weighted by atomic mass is 16.5. The Kier molecular flexibility index (Phi) is 5.43.